The zero-order chi connectivity index (χ0) is 13.4. The van der Waals surface area contributed by atoms with E-state index in [0.29, 0.717) is 6.04 Å². The molecule has 0 aliphatic heterocycles. The van der Waals surface area contributed by atoms with Crippen molar-refractivity contribution in [3.8, 4) is 0 Å². The van der Waals surface area contributed by atoms with Gasteiger partial charge in [0.05, 0.1) is 6.61 Å². The van der Waals surface area contributed by atoms with E-state index >= 15 is 0 Å². The van der Waals surface area contributed by atoms with Crippen LogP contribution in [-0.2, 0) is 4.74 Å². The van der Waals surface area contributed by atoms with Gasteiger partial charge in [-0.25, -0.2) is 0 Å². The highest BCUT2D eigenvalue weighted by Crippen LogP contribution is 2.23. The van der Waals surface area contributed by atoms with Crippen LogP contribution in [0.5, 0.6) is 0 Å². The predicted molar refractivity (Wildman–Crippen MR) is 78.0 cm³/mol. The molecule has 0 aromatic heterocycles. The van der Waals surface area contributed by atoms with Crippen molar-refractivity contribution in [2.24, 2.45) is 5.92 Å². The number of hydrogen-bond donors (Lipinski definition) is 1. The van der Waals surface area contributed by atoms with Crippen LogP contribution >= 0.6 is 0 Å². The maximum Gasteiger partial charge on any atom is 0.0589 e. The standard InChI is InChI=1S/C15H32N2O/c1-13(2)17(11-12-18-4)10-9-16-15-8-6-5-7-14(15)3/h13-16H,5-12H2,1-4H3. The smallest absolute Gasteiger partial charge is 0.0589 e. The van der Waals surface area contributed by atoms with Crippen molar-refractivity contribution in [1.82, 2.24) is 10.2 Å². The third-order valence-corrected chi connectivity index (χ3v) is 4.23. The summed E-state index contributed by atoms with van der Waals surface area (Å²) in [5.74, 6) is 0.852. The SMILES string of the molecule is COCCN(CCNC1CCCCC1C)C(C)C. The van der Waals surface area contributed by atoms with E-state index in [0.717, 1.165) is 38.2 Å². The van der Waals surface area contributed by atoms with E-state index in [2.05, 4.69) is 31.0 Å². The van der Waals surface area contributed by atoms with Gasteiger partial charge in [-0.3, -0.25) is 4.90 Å². The lowest BCUT2D eigenvalue weighted by atomic mass is 9.86. The lowest BCUT2D eigenvalue weighted by Gasteiger charge is -2.32. The molecule has 0 amide bonds. The fraction of sp³-hybridized carbons (Fsp3) is 1.00. The van der Waals surface area contributed by atoms with Crippen LogP contribution in [0.4, 0.5) is 0 Å². The van der Waals surface area contributed by atoms with Crippen LogP contribution in [-0.4, -0.2) is 50.3 Å². The monoisotopic (exact) mass is 256 g/mol. The summed E-state index contributed by atoms with van der Waals surface area (Å²) in [5, 5.41) is 3.75. The number of nitrogens with one attached hydrogen (secondary N) is 1. The van der Waals surface area contributed by atoms with Gasteiger partial charge >= 0.3 is 0 Å². The number of nitrogens with zero attached hydrogens (tertiary/aromatic N) is 1. The summed E-state index contributed by atoms with van der Waals surface area (Å²) in [6.45, 7) is 11.0. The Bertz CT molecular complexity index is 209. The maximum absolute atomic E-state index is 5.17. The number of methoxy groups -OCH3 is 1. The van der Waals surface area contributed by atoms with Crippen molar-refractivity contribution in [3.63, 3.8) is 0 Å². The van der Waals surface area contributed by atoms with Crippen LogP contribution in [0.25, 0.3) is 0 Å². The van der Waals surface area contributed by atoms with Gasteiger partial charge in [-0.15, -0.1) is 0 Å². The molecular formula is C15H32N2O. The van der Waals surface area contributed by atoms with E-state index in [1.807, 2.05) is 0 Å². The Hall–Kier alpha value is -0.120. The molecule has 2 atom stereocenters. The average molecular weight is 256 g/mol. The first-order chi connectivity index (χ1) is 8.65. The molecule has 1 aliphatic rings. The van der Waals surface area contributed by atoms with Crippen LogP contribution < -0.4 is 5.32 Å². The minimum absolute atomic E-state index is 0.603. The molecule has 0 aromatic carbocycles. The molecule has 18 heavy (non-hydrogen) atoms. The summed E-state index contributed by atoms with van der Waals surface area (Å²) >= 11 is 0. The highest BCUT2D eigenvalue weighted by Gasteiger charge is 2.20. The largest absolute Gasteiger partial charge is 0.383 e. The normalized spacial score (nSPS) is 25.0. The van der Waals surface area contributed by atoms with Gasteiger partial charge in [0.2, 0.25) is 0 Å². The second-order valence-corrected chi connectivity index (χ2v) is 5.94. The zero-order valence-electron chi connectivity index (χ0n) is 12.7. The van der Waals surface area contributed by atoms with E-state index < -0.39 is 0 Å². The van der Waals surface area contributed by atoms with Crippen LogP contribution in [0.15, 0.2) is 0 Å². The Balaban J connectivity index is 2.20. The van der Waals surface area contributed by atoms with E-state index in [1.165, 1.54) is 25.7 Å². The Morgan fingerprint density at radius 1 is 1.22 bits per heavy atom. The molecule has 0 saturated heterocycles. The minimum Gasteiger partial charge on any atom is -0.383 e. The second-order valence-electron chi connectivity index (χ2n) is 5.94. The first-order valence-corrected chi connectivity index (χ1v) is 7.61. The fourth-order valence-electron chi connectivity index (χ4n) is 2.85. The van der Waals surface area contributed by atoms with Crippen molar-refractivity contribution in [3.05, 3.63) is 0 Å². The fourth-order valence-corrected chi connectivity index (χ4v) is 2.85. The Labute approximate surface area is 113 Å². The molecule has 3 heteroatoms. The quantitative estimate of drug-likeness (QED) is 0.722. The van der Waals surface area contributed by atoms with Gasteiger partial charge in [-0.2, -0.15) is 0 Å². The third kappa shape index (κ3) is 5.68. The molecular weight excluding hydrogens is 224 g/mol. The summed E-state index contributed by atoms with van der Waals surface area (Å²) < 4.78 is 5.17. The molecule has 1 aliphatic carbocycles. The summed E-state index contributed by atoms with van der Waals surface area (Å²) in [6, 6.07) is 1.35. The van der Waals surface area contributed by atoms with Crippen LogP contribution in [0.2, 0.25) is 0 Å². The van der Waals surface area contributed by atoms with Crippen LogP contribution in [0.3, 0.4) is 0 Å². The molecule has 0 spiro atoms. The maximum atomic E-state index is 5.17. The lowest BCUT2D eigenvalue weighted by molar-refractivity contribution is 0.128. The van der Waals surface area contributed by atoms with E-state index in [9.17, 15) is 0 Å². The molecule has 1 fully saturated rings. The van der Waals surface area contributed by atoms with Gasteiger partial charge in [0.15, 0.2) is 0 Å². The molecule has 0 aromatic rings. The molecule has 3 nitrogen and oxygen atoms in total. The first-order valence-electron chi connectivity index (χ1n) is 7.61. The summed E-state index contributed by atoms with van der Waals surface area (Å²) in [6.07, 6.45) is 5.58. The van der Waals surface area contributed by atoms with E-state index in [4.69, 9.17) is 4.74 Å². The summed E-state index contributed by atoms with van der Waals surface area (Å²) in [5.41, 5.74) is 0. The number of hydrogen-bond acceptors (Lipinski definition) is 3. The number of rotatable bonds is 8. The van der Waals surface area contributed by atoms with Gasteiger partial charge in [0.25, 0.3) is 0 Å². The molecule has 1 saturated carbocycles. The van der Waals surface area contributed by atoms with Crippen LogP contribution in [0, 0.1) is 5.92 Å². The van der Waals surface area contributed by atoms with Crippen molar-refractivity contribution in [1.29, 1.82) is 0 Å². The first kappa shape index (κ1) is 15.9. The highest BCUT2D eigenvalue weighted by molar-refractivity contribution is 4.78. The molecule has 108 valence electrons. The Kier molecular flexibility index (Phi) is 7.87. The molecule has 1 N–H and O–H groups in total. The Morgan fingerprint density at radius 2 is 1.94 bits per heavy atom. The topological polar surface area (TPSA) is 24.5 Å². The number of ether oxygens (including phenoxy) is 1. The third-order valence-electron chi connectivity index (χ3n) is 4.23. The van der Waals surface area contributed by atoms with Gasteiger partial charge in [0.1, 0.15) is 0 Å². The van der Waals surface area contributed by atoms with Gasteiger partial charge in [-0.1, -0.05) is 19.8 Å². The van der Waals surface area contributed by atoms with E-state index in [-0.39, 0.29) is 0 Å². The van der Waals surface area contributed by atoms with Crippen LogP contribution in [0.1, 0.15) is 46.5 Å². The molecule has 0 radical (unpaired) electrons. The van der Waals surface area contributed by atoms with Crippen molar-refractivity contribution >= 4 is 0 Å². The predicted octanol–water partition coefficient (Wildman–Crippen LogP) is 2.51. The van der Waals surface area contributed by atoms with Gasteiger partial charge in [-0.05, 0) is 32.6 Å². The molecule has 2 unspecified atom stereocenters. The molecule has 1 rings (SSSR count). The summed E-state index contributed by atoms with van der Waals surface area (Å²) in [4.78, 5) is 2.49. The molecule has 0 heterocycles. The van der Waals surface area contributed by atoms with E-state index in [1.54, 1.807) is 7.11 Å². The average Bonchev–Trinajstić information content (AvgIpc) is 2.35. The Morgan fingerprint density at radius 3 is 2.56 bits per heavy atom. The summed E-state index contributed by atoms with van der Waals surface area (Å²) in [7, 11) is 1.78. The zero-order valence-corrected chi connectivity index (χ0v) is 12.7. The van der Waals surface area contributed by atoms with Gasteiger partial charge < -0.3 is 10.1 Å². The van der Waals surface area contributed by atoms with Crippen molar-refractivity contribution in [2.75, 3.05) is 33.4 Å². The van der Waals surface area contributed by atoms with Crippen molar-refractivity contribution < 1.29 is 4.74 Å². The van der Waals surface area contributed by atoms with Crippen molar-refractivity contribution in [2.45, 2.75) is 58.5 Å². The minimum atomic E-state index is 0.603. The lowest BCUT2D eigenvalue weighted by Crippen LogP contribution is -2.44. The highest BCUT2D eigenvalue weighted by atomic mass is 16.5. The van der Waals surface area contributed by atoms with Gasteiger partial charge in [0, 0.05) is 38.8 Å². The molecule has 0 bridgehead atoms. The second kappa shape index (κ2) is 8.89.